The Kier molecular flexibility index (Phi) is 4.74. The number of anilines is 1. The molecule has 0 aliphatic heterocycles. The highest BCUT2D eigenvalue weighted by atomic mass is 16.2. The SMILES string of the molecule is C[C@H](N)C(=O)NCc1cccc(NC(=O)C2CCC2)c1. The fourth-order valence-corrected chi connectivity index (χ4v) is 2.02. The molecule has 5 heteroatoms. The van der Waals surface area contributed by atoms with Crippen LogP contribution in [0.25, 0.3) is 0 Å². The molecule has 0 heterocycles. The number of hydrogen-bond donors (Lipinski definition) is 3. The molecule has 0 unspecified atom stereocenters. The van der Waals surface area contributed by atoms with Crippen molar-refractivity contribution in [2.75, 3.05) is 5.32 Å². The van der Waals surface area contributed by atoms with Crippen molar-refractivity contribution in [3.63, 3.8) is 0 Å². The minimum atomic E-state index is -0.517. The van der Waals surface area contributed by atoms with Gasteiger partial charge in [-0.15, -0.1) is 0 Å². The minimum Gasteiger partial charge on any atom is -0.351 e. The summed E-state index contributed by atoms with van der Waals surface area (Å²) >= 11 is 0. The minimum absolute atomic E-state index is 0.0908. The van der Waals surface area contributed by atoms with Gasteiger partial charge in [-0.3, -0.25) is 9.59 Å². The van der Waals surface area contributed by atoms with Gasteiger partial charge < -0.3 is 16.4 Å². The average Bonchev–Trinajstić information content (AvgIpc) is 2.34. The molecule has 1 aromatic rings. The molecule has 0 bridgehead atoms. The van der Waals surface area contributed by atoms with E-state index < -0.39 is 6.04 Å². The third kappa shape index (κ3) is 3.81. The number of nitrogens with two attached hydrogens (primary N) is 1. The summed E-state index contributed by atoms with van der Waals surface area (Å²) in [5.74, 6) is 0.0679. The van der Waals surface area contributed by atoms with Crippen LogP contribution in [0.3, 0.4) is 0 Å². The Morgan fingerprint density at radius 3 is 2.75 bits per heavy atom. The molecule has 1 saturated carbocycles. The molecule has 1 aromatic carbocycles. The van der Waals surface area contributed by atoms with Crippen LogP contribution in [-0.2, 0) is 16.1 Å². The van der Waals surface area contributed by atoms with Gasteiger partial charge in [0.1, 0.15) is 0 Å². The molecule has 5 nitrogen and oxygen atoms in total. The van der Waals surface area contributed by atoms with Crippen LogP contribution < -0.4 is 16.4 Å². The van der Waals surface area contributed by atoms with E-state index in [-0.39, 0.29) is 17.7 Å². The standard InChI is InChI=1S/C15H21N3O2/c1-10(16)14(19)17-9-11-4-2-7-13(8-11)18-15(20)12-5-3-6-12/h2,4,7-8,10,12H,3,5-6,9,16H2,1H3,(H,17,19)(H,18,20)/t10-/m0/s1. The summed E-state index contributed by atoms with van der Waals surface area (Å²) in [5.41, 5.74) is 7.19. The summed E-state index contributed by atoms with van der Waals surface area (Å²) in [6.45, 7) is 2.05. The maximum atomic E-state index is 11.9. The molecule has 0 aromatic heterocycles. The molecule has 2 amide bonds. The zero-order valence-electron chi connectivity index (χ0n) is 11.7. The van der Waals surface area contributed by atoms with Crippen LogP contribution in [0.2, 0.25) is 0 Å². The Bertz CT molecular complexity index is 496. The van der Waals surface area contributed by atoms with Gasteiger partial charge in [-0.05, 0) is 37.5 Å². The van der Waals surface area contributed by atoms with Crippen LogP contribution >= 0.6 is 0 Å². The Morgan fingerprint density at radius 1 is 1.40 bits per heavy atom. The average molecular weight is 275 g/mol. The van der Waals surface area contributed by atoms with E-state index >= 15 is 0 Å². The third-order valence-corrected chi connectivity index (χ3v) is 3.55. The lowest BCUT2D eigenvalue weighted by molar-refractivity contribution is -0.122. The van der Waals surface area contributed by atoms with Crippen LogP contribution in [0, 0.1) is 5.92 Å². The van der Waals surface area contributed by atoms with E-state index in [1.807, 2.05) is 24.3 Å². The van der Waals surface area contributed by atoms with Gasteiger partial charge in [0.25, 0.3) is 0 Å². The molecule has 0 radical (unpaired) electrons. The highest BCUT2D eigenvalue weighted by Crippen LogP contribution is 2.27. The highest BCUT2D eigenvalue weighted by Gasteiger charge is 2.25. The van der Waals surface area contributed by atoms with Crippen molar-refractivity contribution in [2.24, 2.45) is 11.7 Å². The van der Waals surface area contributed by atoms with Gasteiger partial charge in [-0.2, -0.15) is 0 Å². The summed E-state index contributed by atoms with van der Waals surface area (Å²) in [5, 5.41) is 5.67. The molecule has 1 aliphatic rings. The lowest BCUT2D eigenvalue weighted by atomic mass is 9.85. The number of carbonyl (C=O) groups is 2. The van der Waals surface area contributed by atoms with Gasteiger partial charge in [-0.25, -0.2) is 0 Å². The van der Waals surface area contributed by atoms with Crippen molar-refractivity contribution < 1.29 is 9.59 Å². The van der Waals surface area contributed by atoms with Gasteiger partial charge in [-0.1, -0.05) is 18.6 Å². The number of rotatable bonds is 5. The highest BCUT2D eigenvalue weighted by molar-refractivity contribution is 5.93. The third-order valence-electron chi connectivity index (χ3n) is 3.55. The van der Waals surface area contributed by atoms with E-state index in [9.17, 15) is 9.59 Å². The maximum absolute atomic E-state index is 11.9. The largest absolute Gasteiger partial charge is 0.351 e. The molecular formula is C15H21N3O2. The molecule has 0 saturated heterocycles. The topological polar surface area (TPSA) is 84.2 Å². The van der Waals surface area contributed by atoms with Crippen LogP contribution in [0.4, 0.5) is 5.69 Å². The summed E-state index contributed by atoms with van der Waals surface area (Å²) in [6, 6.07) is 6.98. The second-order valence-electron chi connectivity index (χ2n) is 5.32. The smallest absolute Gasteiger partial charge is 0.236 e. The summed E-state index contributed by atoms with van der Waals surface area (Å²) in [6.07, 6.45) is 3.10. The molecule has 1 aliphatic carbocycles. The van der Waals surface area contributed by atoms with Crippen molar-refractivity contribution in [3.8, 4) is 0 Å². The number of benzene rings is 1. The predicted octanol–water partition coefficient (Wildman–Crippen LogP) is 1.39. The lowest BCUT2D eigenvalue weighted by Gasteiger charge is -2.24. The van der Waals surface area contributed by atoms with E-state index in [1.54, 1.807) is 6.92 Å². The predicted molar refractivity (Wildman–Crippen MR) is 77.9 cm³/mol. The first-order chi connectivity index (χ1) is 9.56. The first kappa shape index (κ1) is 14.5. The Labute approximate surface area is 118 Å². The van der Waals surface area contributed by atoms with Gasteiger partial charge in [0.15, 0.2) is 0 Å². The molecule has 108 valence electrons. The number of amides is 2. The van der Waals surface area contributed by atoms with E-state index in [0.29, 0.717) is 6.54 Å². The first-order valence-corrected chi connectivity index (χ1v) is 6.99. The zero-order chi connectivity index (χ0) is 14.5. The van der Waals surface area contributed by atoms with Crippen LogP contribution in [-0.4, -0.2) is 17.9 Å². The molecule has 4 N–H and O–H groups in total. The Morgan fingerprint density at radius 2 is 2.15 bits per heavy atom. The van der Waals surface area contributed by atoms with Gasteiger partial charge in [0, 0.05) is 18.2 Å². The Balaban J connectivity index is 1.90. The number of carbonyl (C=O) groups excluding carboxylic acids is 2. The molecule has 2 rings (SSSR count). The van der Waals surface area contributed by atoms with E-state index in [2.05, 4.69) is 10.6 Å². The van der Waals surface area contributed by atoms with Crippen LogP contribution in [0.1, 0.15) is 31.7 Å². The van der Waals surface area contributed by atoms with Crippen LogP contribution in [0.5, 0.6) is 0 Å². The summed E-state index contributed by atoms with van der Waals surface area (Å²) in [7, 11) is 0. The normalized spacial score (nSPS) is 16.1. The molecule has 1 fully saturated rings. The molecule has 1 atom stereocenters. The second-order valence-corrected chi connectivity index (χ2v) is 5.32. The maximum Gasteiger partial charge on any atom is 0.236 e. The fourth-order valence-electron chi connectivity index (χ4n) is 2.02. The monoisotopic (exact) mass is 275 g/mol. The lowest BCUT2D eigenvalue weighted by Crippen LogP contribution is -2.37. The van der Waals surface area contributed by atoms with Crippen molar-refractivity contribution >= 4 is 17.5 Å². The molecular weight excluding hydrogens is 254 g/mol. The molecule has 20 heavy (non-hydrogen) atoms. The summed E-state index contributed by atoms with van der Waals surface area (Å²) < 4.78 is 0. The zero-order valence-corrected chi connectivity index (χ0v) is 11.7. The number of hydrogen-bond acceptors (Lipinski definition) is 3. The van der Waals surface area contributed by atoms with Gasteiger partial charge in [0.2, 0.25) is 11.8 Å². The van der Waals surface area contributed by atoms with Crippen molar-refractivity contribution in [1.29, 1.82) is 0 Å². The molecule has 0 spiro atoms. The van der Waals surface area contributed by atoms with Crippen molar-refractivity contribution in [3.05, 3.63) is 29.8 Å². The first-order valence-electron chi connectivity index (χ1n) is 6.99. The van der Waals surface area contributed by atoms with Crippen LogP contribution in [0.15, 0.2) is 24.3 Å². The quantitative estimate of drug-likeness (QED) is 0.759. The fraction of sp³-hybridized carbons (Fsp3) is 0.467. The second kappa shape index (κ2) is 6.52. The summed E-state index contributed by atoms with van der Waals surface area (Å²) in [4.78, 5) is 23.3. The van der Waals surface area contributed by atoms with Crippen molar-refractivity contribution in [2.45, 2.75) is 38.8 Å². The van der Waals surface area contributed by atoms with Gasteiger partial charge >= 0.3 is 0 Å². The van der Waals surface area contributed by atoms with Crippen molar-refractivity contribution in [1.82, 2.24) is 5.32 Å². The Hall–Kier alpha value is -1.88. The number of nitrogens with one attached hydrogen (secondary N) is 2. The van der Waals surface area contributed by atoms with E-state index in [4.69, 9.17) is 5.73 Å². The van der Waals surface area contributed by atoms with E-state index in [0.717, 1.165) is 30.5 Å². The van der Waals surface area contributed by atoms with E-state index in [1.165, 1.54) is 0 Å². The van der Waals surface area contributed by atoms with Gasteiger partial charge in [0.05, 0.1) is 6.04 Å².